The second kappa shape index (κ2) is 10.6. The third-order valence-electron chi connectivity index (χ3n) is 4.32. The highest BCUT2D eigenvalue weighted by molar-refractivity contribution is 5.97. The van der Waals surface area contributed by atoms with Crippen LogP contribution in [0.4, 0.5) is 5.69 Å². The molecule has 0 aliphatic heterocycles. The molecule has 6 heteroatoms. The van der Waals surface area contributed by atoms with Gasteiger partial charge in [-0.25, -0.2) is 4.79 Å². The molecule has 0 saturated carbocycles. The minimum atomic E-state index is -1.02. The predicted octanol–water partition coefficient (Wildman–Crippen LogP) is 3.38. The number of carbonyl (C=O) groups excluding carboxylic acids is 3. The maximum Gasteiger partial charge on any atom is 0.333 e. The minimum absolute atomic E-state index is 0.0314. The first-order valence-corrected chi connectivity index (χ1v) is 9.51. The van der Waals surface area contributed by atoms with E-state index in [1.54, 1.807) is 54.6 Å². The number of para-hydroxylation sites is 1. The van der Waals surface area contributed by atoms with Crippen LogP contribution in [0, 0.1) is 0 Å². The molecule has 0 saturated heterocycles. The minimum Gasteiger partial charge on any atom is -0.456 e. The number of hydrogen-bond acceptors (Lipinski definition) is 5. The van der Waals surface area contributed by atoms with Crippen LogP contribution in [0.2, 0.25) is 0 Å². The molecule has 152 valence electrons. The Morgan fingerprint density at radius 3 is 1.97 bits per heavy atom. The van der Waals surface area contributed by atoms with Gasteiger partial charge in [-0.1, -0.05) is 66.7 Å². The van der Waals surface area contributed by atoms with Crippen LogP contribution in [-0.4, -0.2) is 30.8 Å². The molecule has 0 heterocycles. The Kier molecular flexibility index (Phi) is 7.33. The van der Waals surface area contributed by atoms with E-state index in [1.165, 1.54) is 0 Å². The zero-order chi connectivity index (χ0) is 21.2. The van der Waals surface area contributed by atoms with Crippen LogP contribution in [0.3, 0.4) is 0 Å². The molecular weight excluding hydrogens is 380 g/mol. The Morgan fingerprint density at radius 2 is 1.33 bits per heavy atom. The molecule has 6 nitrogen and oxygen atoms in total. The van der Waals surface area contributed by atoms with E-state index in [9.17, 15) is 14.4 Å². The lowest BCUT2D eigenvalue weighted by atomic mass is 10.1. The lowest BCUT2D eigenvalue weighted by molar-refractivity contribution is -0.149. The van der Waals surface area contributed by atoms with E-state index in [0.717, 1.165) is 5.69 Å². The van der Waals surface area contributed by atoms with E-state index in [0.29, 0.717) is 11.1 Å². The van der Waals surface area contributed by atoms with Gasteiger partial charge in [0, 0.05) is 11.3 Å². The van der Waals surface area contributed by atoms with Gasteiger partial charge in [0.25, 0.3) is 5.91 Å². The fourth-order valence-electron chi connectivity index (χ4n) is 2.77. The first kappa shape index (κ1) is 20.8. The number of Topliss-reactive ketones (excluding diaryl/α,β-unsaturated/α-hetero) is 1. The number of esters is 1. The molecule has 0 aliphatic carbocycles. The highest BCUT2D eigenvalue weighted by Gasteiger charge is 2.25. The lowest BCUT2D eigenvalue weighted by Gasteiger charge is -2.18. The third-order valence-corrected chi connectivity index (χ3v) is 4.32. The SMILES string of the molecule is O=C(CNc1ccccc1)COC(=O)C(NC(=O)c1ccccc1)c1ccccc1. The molecule has 0 aromatic heterocycles. The van der Waals surface area contributed by atoms with Crippen molar-refractivity contribution in [2.75, 3.05) is 18.5 Å². The summed E-state index contributed by atoms with van der Waals surface area (Å²) in [5.74, 6) is -1.38. The van der Waals surface area contributed by atoms with Crippen molar-refractivity contribution < 1.29 is 19.1 Å². The largest absolute Gasteiger partial charge is 0.456 e. The summed E-state index contributed by atoms with van der Waals surface area (Å²) in [6.45, 7) is -0.354. The van der Waals surface area contributed by atoms with Gasteiger partial charge >= 0.3 is 5.97 Å². The summed E-state index contributed by atoms with van der Waals surface area (Å²) in [5, 5.41) is 5.66. The van der Waals surface area contributed by atoms with Gasteiger partial charge in [-0.15, -0.1) is 0 Å². The van der Waals surface area contributed by atoms with Gasteiger partial charge in [0.05, 0.1) is 6.54 Å². The van der Waals surface area contributed by atoms with E-state index in [4.69, 9.17) is 4.74 Å². The van der Waals surface area contributed by atoms with Gasteiger partial charge in [0.15, 0.2) is 18.4 Å². The van der Waals surface area contributed by atoms with E-state index < -0.39 is 17.9 Å². The number of amides is 1. The van der Waals surface area contributed by atoms with Crippen molar-refractivity contribution in [2.45, 2.75) is 6.04 Å². The fraction of sp³-hybridized carbons (Fsp3) is 0.125. The van der Waals surface area contributed by atoms with Crippen LogP contribution in [0.15, 0.2) is 91.0 Å². The molecule has 0 radical (unpaired) electrons. The average molecular weight is 402 g/mol. The maximum absolute atomic E-state index is 12.7. The Labute approximate surface area is 174 Å². The van der Waals surface area contributed by atoms with Crippen LogP contribution in [0.25, 0.3) is 0 Å². The number of nitrogens with one attached hydrogen (secondary N) is 2. The molecule has 3 rings (SSSR count). The summed E-state index contributed by atoms with van der Waals surface area (Å²) in [5.41, 5.74) is 1.80. The predicted molar refractivity (Wildman–Crippen MR) is 114 cm³/mol. The van der Waals surface area contributed by atoms with Gasteiger partial charge in [0.2, 0.25) is 0 Å². The zero-order valence-electron chi connectivity index (χ0n) is 16.3. The molecule has 3 aromatic rings. The summed E-state index contributed by atoms with van der Waals surface area (Å²) in [6, 6.07) is 25.6. The molecule has 1 atom stereocenters. The average Bonchev–Trinajstić information content (AvgIpc) is 2.81. The van der Waals surface area contributed by atoms with E-state index in [1.807, 2.05) is 36.4 Å². The number of benzene rings is 3. The molecule has 2 N–H and O–H groups in total. The summed E-state index contributed by atoms with van der Waals surface area (Å²) < 4.78 is 5.20. The number of ketones is 1. The van der Waals surface area contributed by atoms with Crippen molar-refractivity contribution in [1.82, 2.24) is 5.32 Å². The van der Waals surface area contributed by atoms with E-state index in [-0.39, 0.29) is 18.9 Å². The summed E-state index contributed by atoms with van der Waals surface area (Å²) >= 11 is 0. The lowest BCUT2D eigenvalue weighted by Crippen LogP contribution is -2.36. The quantitative estimate of drug-likeness (QED) is 0.536. The van der Waals surface area contributed by atoms with Crippen LogP contribution in [-0.2, 0) is 14.3 Å². The Bertz CT molecular complexity index is 976. The van der Waals surface area contributed by atoms with Crippen molar-refractivity contribution in [3.05, 3.63) is 102 Å². The second-order valence-corrected chi connectivity index (χ2v) is 6.55. The highest BCUT2D eigenvalue weighted by atomic mass is 16.5. The molecule has 1 amide bonds. The Hall–Kier alpha value is -3.93. The van der Waals surface area contributed by atoms with Crippen molar-refractivity contribution in [3.8, 4) is 0 Å². The van der Waals surface area contributed by atoms with Gasteiger partial charge in [0.1, 0.15) is 0 Å². The molecule has 1 unspecified atom stereocenters. The van der Waals surface area contributed by atoms with Crippen LogP contribution in [0.5, 0.6) is 0 Å². The van der Waals surface area contributed by atoms with Crippen molar-refractivity contribution in [1.29, 1.82) is 0 Å². The molecule has 3 aromatic carbocycles. The number of hydrogen-bond donors (Lipinski definition) is 2. The third kappa shape index (κ3) is 6.04. The van der Waals surface area contributed by atoms with Crippen LogP contribution in [0.1, 0.15) is 22.0 Å². The van der Waals surface area contributed by atoms with E-state index >= 15 is 0 Å². The van der Waals surface area contributed by atoms with Crippen molar-refractivity contribution in [2.24, 2.45) is 0 Å². The number of rotatable bonds is 9. The standard InChI is InChI=1S/C24H22N2O4/c27-21(16-25-20-14-8-3-9-15-20)17-30-24(29)22(18-10-4-1-5-11-18)26-23(28)19-12-6-2-7-13-19/h1-15,22,25H,16-17H2,(H,26,28). The van der Waals surface area contributed by atoms with Gasteiger partial charge in [-0.3, -0.25) is 9.59 Å². The fourth-order valence-corrected chi connectivity index (χ4v) is 2.77. The Balaban J connectivity index is 1.60. The zero-order valence-corrected chi connectivity index (χ0v) is 16.3. The van der Waals surface area contributed by atoms with Gasteiger partial charge < -0.3 is 15.4 Å². The molecule has 30 heavy (non-hydrogen) atoms. The summed E-state index contributed by atoms with van der Waals surface area (Å²) in [4.78, 5) is 37.3. The second-order valence-electron chi connectivity index (χ2n) is 6.55. The molecular formula is C24H22N2O4. The normalized spacial score (nSPS) is 11.2. The van der Waals surface area contributed by atoms with Crippen LogP contribution < -0.4 is 10.6 Å². The van der Waals surface area contributed by atoms with Gasteiger partial charge in [-0.2, -0.15) is 0 Å². The molecule has 0 bridgehead atoms. The van der Waals surface area contributed by atoms with E-state index in [2.05, 4.69) is 10.6 Å². The first-order chi connectivity index (χ1) is 14.6. The number of ether oxygens (including phenoxy) is 1. The van der Waals surface area contributed by atoms with Crippen LogP contribution >= 0.6 is 0 Å². The smallest absolute Gasteiger partial charge is 0.333 e. The van der Waals surface area contributed by atoms with Crippen molar-refractivity contribution in [3.63, 3.8) is 0 Å². The summed E-state index contributed by atoms with van der Waals surface area (Å²) in [6.07, 6.45) is 0. The van der Waals surface area contributed by atoms with Crippen molar-refractivity contribution >= 4 is 23.3 Å². The Morgan fingerprint density at radius 1 is 0.767 bits per heavy atom. The highest BCUT2D eigenvalue weighted by Crippen LogP contribution is 2.16. The molecule has 0 aliphatic rings. The molecule has 0 spiro atoms. The molecule has 0 fully saturated rings. The topological polar surface area (TPSA) is 84.5 Å². The first-order valence-electron chi connectivity index (χ1n) is 9.51. The monoisotopic (exact) mass is 402 g/mol. The number of carbonyl (C=O) groups is 3. The van der Waals surface area contributed by atoms with Gasteiger partial charge in [-0.05, 0) is 29.8 Å². The number of anilines is 1. The summed E-state index contributed by atoms with van der Waals surface area (Å²) in [7, 11) is 0. The maximum atomic E-state index is 12.7.